The highest BCUT2D eigenvalue weighted by Gasteiger charge is 2.18. The molecule has 1 fully saturated rings. The van der Waals surface area contributed by atoms with Crippen LogP contribution in [0.25, 0.3) is 0 Å². The fourth-order valence-electron chi connectivity index (χ4n) is 2.67. The lowest BCUT2D eigenvalue weighted by Gasteiger charge is -2.16. The molecule has 4 nitrogen and oxygen atoms in total. The van der Waals surface area contributed by atoms with Gasteiger partial charge in [0.05, 0.1) is 25.7 Å². The highest BCUT2D eigenvalue weighted by molar-refractivity contribution is 5.74. The minimum atomic E-state index is -0.0902. The number of allylic oxidation sites excluding steroid dienone is 1. The summed E-state index contributed by atoms with van der Waals surface area (Å²) in [4.78, 5) is 11.9. The van der Waals surface area contributed by atoms with E-state index in [1.807, 2.05) is 13.0 Å². The van der Waals surface area contributed by atoms with Gasteiger partial charge >= 0.3 is 5.97 Å². The summed E-state index contributed by atoms with van der Waals surface area (Å²) >= 11 is 0. The minimum Gasteiger partial charge on any atom is -0.466 e. The van der Waals surface area contributed by atoms with Crippen LogP contribution in [0.2, 0.25) is 0 Å². The van der Waals surface area contributed by atoms with Gasteiger partial charge < -0.3 is 14.2 Å². The highest BCUT2D eigenvalue weighted by atomic mass is 16.7. The first-order valence-corrected chi connectivity index (χ1v) is 8.73. The monoisotopic (exact) mass is 312 g/mol. The first kappa shape index (κ1) is 19.2. The van der Waals surface area contributed by atoms with Crippen LogP contribution < -0.4 is 0 Å². The van der Waals surface area contributed by atoms with Crippen molar-refractivity contribution in [2.75, 3.05) is 19.8 Å². The van der Waals surface area contributed by atoms with E-state index in [1.165, 1.54) is 0 Å². The molecule has 0 saturated carbocycles. The molecule has 128 valence electrons. The third kappa shape index (κ3) is 7.95. The number of ether oxygens (including phenoxy) is 3. The van der Waals surface area contributed by atoms with Gasteiger partial charge in [0.2, 0.25) is 0 Å². The fourth-order valence-corrected chi connectivity index (χ4v) is 2.67. The highest BCUT2D eigenvalue weighted by Crippen LogP contribution is 2.21. The summed E-state index contributed by atoms with van der Waals surface area (Å²) in [5.41, 5.74) is 0. The van der Waals surface area contributed by atoms with E-state index in [0.29, 0.717) is 12.5 Å². The van der Waals surface area contributed by atoms with E-state index in [9.17, 15) is 4.79 Å². The van der Waals surface area contributed by atoms with Gasteiger partial charge in [-0.25, -0.2) is 0 Å². The van der Waals surface area contributed by atoms with Crippen molar-refractivity contribution in [3.63, 3.8) is 0 Å². The molecule has 1 rings (SSSR count). The molecule has 22 heavy (non-hydrogen) atoms. The molecule has 1 heterocycles. The lowest BCUT2D eigenvalue weighted by Crippen LogP contribution is -2.16. The molecule has 0 amide bonds. The largest absolute Gasteiger partial charge is 0.466 e. The molecule has 1 unspecified atom stereocenters. The quantitative estimate of drug-likeness (QED) is 0.426. The maximum absolute atomic E-state index is 11.9. The lowest BCUT2D eigenvalue weighted by atomic mass is 9.94. The van der Waals surface area contributed by atoms with E-state index in [4.69, 9.17) is 14.2 Å². The number of rotatable bonds is 11. The van der Waals surface area contributed by atoms with Crippen LogP contribution in [0.3, 0.4) is 0 Å². The van der Waals surface area contributed by atoms with Crippen molar-refractivity contribution in [2.45, 2.75) is 65.6 Å². The number of hydrogen-bond acceptors (Lipinski definition) is 4. The Morgan fingerprint density at radius 1 is 1.23 bits per heavy atom. The second-order valence-corrected chi connectivity index (χ2v) is 5.98. The van der Waals surface area contributed by atoms with Crippen molar-refractivity contribution in [1.82, 2.24) is 0 Å². The zero-order valence-electron chi connectivity index (χ0n) is 14.4. The molecule has 0 aromatic heterocycles. The fraction of sp³-hybridized carbons (Fsp3) is 0.833. The van der Waals surface area contributed by atoms with Gasteiger partial charge in [0, 0.05) is 0 Å². The predicted octanol–water partition coefficient (Wildman–Crippen LogP) is 4.09. The molecule has 0 N–H and O–H groups in total. The van der Waals surface area contributed by atoms with E-state index in [0.717, 1.165) is 51.7 Å². The SMILES string of the molecule is CC/C=C/C(CCC[C@@H](C)CCC1OCCO1)C(=O)OCC. The minimum absolute atomic E-state index is 0.00205. The van der Waals surface area contributed by atoms with Crippen LogP contribution in [0.15, 0.2) is 12.2 Å². The molecule has 0 bridgehead atoms. The van der Waals surface area contributed by atoms with E-state index in [2.05, 4.69) is 19.9 Å². The van der Waals surface area contributed by atoms with Crippen molar-refractivity contribution < 1.29 is 19.0 Å². The van der Waals surface area contributed by atoms with Gasteiger partial charge in [-0.1, -0.05) is 38.8 Å². The maximum Gasteiger partial charge on any atom is 0.312 e. The Labute approximate surface area is 135 Å². The second-order valence-electron chi connectivity index (χ2n) is 5.98. The average molecular weight is 312 g/mol. The molecule has 1 saturated heterocycles. The summed E-state index contributed by atoms with van der Waals surface area (Å²) in [5, 5.41) is 0. The van der Waals surface area contributed by atoms with E-state index in [1.54, 1.807) is 0 Å². The Morgan fingerprint density at radius 3 is 2.59 bits per heavy atom. The van der Waals surface area contributed by atoms with Crippen molar-refractivity contribution in [1.29, 1.82) is 0 Å². The van der Waals surface area contributed by atoms with E-state index >= 15 is 0 Å². The Morgan fingerprint density at radius 2 is 1.95 bits per heavy atom. The molecule has 1 aliphatic heterocycles. The summed E-state index contributed by atoms with van der Waals surface area (Å²) < 4.78 is 16.1. The van der Waals surface area contributed by atoms with Gasteiger partial charge in [0.1, 0.15) is 0 Å². The Bertz CT molecular complexity index is 321. The zero-order valence-corrected chi connectivity index (χ0v) is 14.4. The number of hydrogen-bond donors (Lipinski definition) is 0. The molecule has 0 spiro atoms. The van der Waals surface area contributed by atoms with Crippen LogP contribution in [0, 0.1) is 11.8 Å². The van der Waals surface area contributed by atoms with Crippen LogP contribution in [-0.2, 0) is 19.0 Å². The Kier molecular flexibility index (Phi) is 10.2. The topological polar surface area (TPSA) is 44.8 Å². The summed E-state index contributed by atoms with van der Waals surface area (Å²) in [6, 6.07) is 0. The smallest absolute Gasteiger partial charge is 0.312 e. The molecular formula is C18H32O4. The van der Waals surface area contributed by atoms with Crippen molar-refractivity contribution in [3.05, 3.63) is 12.2 Å². The molecule has 0 aliphatic carbocycles. The zero-order chi connectivity index (χ0) is 16.2. The van der Waals surface area contributed by atoms with Crippen LogP contribution in [0.1, 0.15) is 59.3 Å². The molecule has 1 aliphatic rings. The molecule has 4 heteroatoms. The standard InChI is InChI=1S/C18H32O4/c1-4-6-9-16(18(19)20-5-2)10-7-8-15(3)11-12-17-21-13-14-22-17/h6,9,15-17H,4-5,7-8,10-14H2,1-3H3/b9-6+/t15-,16?/m1/s1. The van der Waals surface area contributed by atoms with Crippen molar-refractivity contribution in [2.24, 2.45) is 11.8 Å². The predicted molar refractivity (Wildman–Crippen MR) is 87.5 cm³/mol. The maximum atomic E-state index is 11.9. The van der Waals surface area contributed by atoms with Gasteiger partial charge in [-0.05, 0) is 38.5 Å². The van der Waals surface area contributed by atoms with Crippen LogP contribution >= 0.6 is 0 Å². The summed E-state index contributed by atoms with van der Waals surface area (Å²) in [7, 11) is 0. The van der Waals surface area contributed by atoms with Gasteiger partial charge in [-0.15, -0.1) is 0 Å². The van der Waals surface area contributed by atoms with Gasteiger partial charge in [-0.3, -0.25) is 4.79 Å². The Balaban J connectivity index is 2.22. The van der Waals surface area contributed by atoms with Crippen molar-refractivity contribution >= 4 is 5.97 Å². The molecule has 0 aromatic rings. The number of esters is 1. The molecule has 2 atom stereocenters. The van der Waals surface area contributed by atoms with Gasteiger partial charge in [0.15, 0.2) is 6.29 Å². The summed E-state index contributed by atoms with van der Waals surface area (Å²) in [6.07, 6.45) is 10.1. The second kappa shape index (κ2) is 11.7. The van der Waals surface area contributed by atoms with E-state index < -0.39 is 0 Å². The molecular weight excluding hydrogens is 280 g/mol. The van der Waals surface area contributed by atoms with Crippen molar-refractivity contribution in [3.8, 4) is 0 Å². The van der Waals surface area contributed by atoms with Crippen LogP contribution in [0.4, 0.5) is 0 Å². The van der Waals surface area contributed by atoms with E-state index in [-0.39, 0.29) is 18.2 Å². The third-order valence-electron chi connectivity index (χ3n) is 3.99. The number of carbonyl (C=O) groups is 1. The lowest BCUT2D eigenvalue weighted by molar-refractivity contribution is -0.146. The first-order chi connectivity index (χ1) is 10.7. The van der Waals surface area contributed by atoms with Gasteiger partial charge in [-0.2, -0.15) is 0 Å². The van der Waals surface area contributed by atoms with Crippen LogP contribution in [-0.4, -0.2) is 32.1 Å². The van der Waals surface area contributed by atoms with Crippen LogP contribution in [0.5, 0.6) is 0 Å². The third-order valence-corrected chi connectivity index (χ3v) is 3.99. The normalized spacial score (nSPS) is 18.7. The summed E-state index contributed by atoms with van der Waals surface area (Å²) in [6.45, 7) is 8.10. The first-order valence-electron chi connectivity index (χ1n) is 8.73. The van der Waals surface area contributed by atoms with Gasteiger partial charge in [0.25, 0.3) is 0 Å². The average Bonchev–Trinajstić information content (AvgIpc) is 3.02. The molecule has 0 aromatic carbocycles. The number of carbonyl (C=O) groups excluding carboxylic acids is 1. The molecule has 0 radical (unpaired) electrons. The summed E-state index contributed by atoms with van der Waals surface area (Å²) in [5.74, 6) is 0.451. The Hall–Kier alpha value is -0.870.